The van der Waals surface area contributed by atoms with E-state index in [1.54, 1.807) is 28.9 Å². The van der Waals surface area contributed by atoms with Crippen molar-refractivity contribution in [1.29, 1.82) is 0 Å². The fraction of sp³-hybridized carbons (Fsp3) is 0.375. The Morgan fingerprint density at radius 1 is 1.00 bits per heavy atom. The van der Waals surface area contributed by atoms with Gasteiger partial charge in [0.15, 0.2) is 11.6 Å². The third-order valence-corrected chi connectivity index (χ3v) is 6.34. The number of nitrogens with zero attached hydrogens (tertiary/aromatic N) is 5. The van der Waals surface area contributed by atoms with Crippen LogP contribution in [0.15, 0.2) is 48.5 Å². The van der Waals surface area contributed by atoms with Gasteiger partial charge >= 0.3 is 6.03 Å². The van der Waals surface area contributed by atoms with E-state index in [0.717, 1.165) is 11.3 Å². The zero-order valence-corrected chi connectivity index (χ0v) is 19.7. The van der Waals surface area contributed by atoms with E-state index >= 15 is 0 Å². The van der Waals surface area contributed by atoms with Gasteiger partial charge in [0.05, 0.1) is 19.3 Å². The van der Waals surface area contributed by atoms with Gasteiger partial charge in [0.2, 0.25) is 0 Å². The molecular formula is C24H27N7O4. The zero-order chi connectivity index (χ0) is 24.5. The van der Waals surface area contributed by atoms with Crippen LogP contribution >= 0.6 is 0 Å². The molecule has 2 aliphatic rings. The molecule has 2 fully saturated rings. The van der Waals surface area contributed by atoms with Gasteiger partial charge in [-0.3, -0.25) is 4.79 Å². The molecule has 2 aromatic carbocycles. The van der Waals surface area contributed by atoms with Gasteiger partial charge in [-0.05, 0) is 65.9 Å². The van der Waals surface area contributed by atoms with Crippen LogP contribution in [0.1, 0.15) is 23.3 Å². The molecule has 35 heavy (non-hydrogen) atoms. The Hall–Kier alpha value is -3.83. The van der Waals surface area contributed by atoms with Crippen molar-refractivity contribution in [2.24, 2.45) is 0 Å². The molecule has 4 unspecified atom stereocenters. The Balaban J connectivity index is 1.24. The number of carbonyl (C=O) groups excluding carboxylic acids is 2. The Kier molecular flexibility index (Phi) is 6.18. The van der Waals surface area contributed by atoms with E-state index in [1.165, 1.54) is 6.92 Å². The molecule has 0 spiro atoms. The lowest BCUT2D eigenvalue weighted by Gasteiger charge is -2.18. The molecule has 4 atom stereocenters. The normalized spacial score (nSPS) is 23.1. The Bertz CT molecular complexity index is 1210. The fourth-order valence-electron chi connectivity index (χ4n) is 4.45. The topological polar surface area (TPSA) is 124 Å². The van der Waals surface area contributed by atoms with Gasteiger partial charge in [-0.2, -0.15) is 0 Å². The molecule has 2 aliphatic heterocycles. The smallest absolute Gasteiger partial charge is 0.319 e. The predicted octanol–water partition coefficient (Wildman–Crippen LogP) is 2.14. The number of Topliss-reactive ketones (excluding diaryl/α,β-unsaturated/α-hetero) is 1. The highest BCUT2D eigenvalue weighted by molar-refractivity contribution is 5.95. The number of aromatic nitrogens is 4. The summed E-state index contributed by atoms with van der Waals surface area (Å²) in [5.74, 6) is 0.607. The molecule has 0 bridgehead atoms. The number of fused-ring (bicyclic) bond motifs is 1. The maximum atomic E-state index is 12.6. The lowest BCUT2D eigenvalue weighted by atomic mass is 10.1. The second-order valence-electron chi connectivity index (χ2n) is 8.89. The third kappa shape index (κ3) is 4.60. The van der Waals surface area contributed by atoms with Crippen LogP contribution in [-0.2, 0) is 9.47 Å². The van der Waals surface area contributed by atoms with Crippen LogP contribution in [-0.4, -0.2) is 77.6 Å². The lowest BCUT2D eigenvalue weighted by Crippen LogP contribution is -2.45. The minimum absolute atomic E-state index is 0.0283. The molecule has 1 aromatic heterocycles. The molecule has 182 valence electrons. The SMILES string of the molecule is CC(=O)c1ccc(NC(=O)NC2COC3C2OCC3n2nnnc2-c2ccc(N(C)C)cc2)cc1. The molecule has 2 N–H and O–H groups in total. The van der Waals surface area contributed by atoms with Crippen LogP contribution in [0.25, 0.3) is 11.4 Å². The number of anilines is 2. The second kappa shape index (κ2) is 9.43. The molecule has 2 saturated heterocycles. The van der Waals surface area contributed by atoms with E-state index in [1.807, 2.05) is 43.3 Å². The van der Waals surface area contributed by atoms with Crippen molar-refractivity contribution >= 4 is 23.2 Å². The molecule has 5 rings (SSSR count). The average molecular weight is 478 g/mol. The third-order valence-electron chi connectivity index (χ3n) is 6.34. The van der Waals surface area contributed by atoms with Crippen molar-refractivity contribution in [1.82, 2.24) is 25.5 Å². The number of hydrogen-bond donors (Lipinski definition) is 2. The monoisotopic (exact) mass is 477 g/mol. The van der Waals surface area contributed by atoms with Crippen LogP contribution in [0.4, 0.5) is 16.2 Å². The number of tetrazole rings is 1. The maximum Gasteiger partial charge on any atom is 0.319 e. The number of rotatable bonds is 6. The molecule has 11 heteroatoms. The van der Waals surface area contributed by atoms with E-state index in [4.69, 9.17) is 9.47 Å². The molecule has 0 aliphatic carbocycles. The molecule has 0 radical (unpaired) electrons. The first-order valence-corrected chi connectivity index (χ1v) is 11.4. The number of benzene rings is 2. The number of ketones is 1. The maximum absolute atomic E-state index is 12.6. The van der Waals surface area contributed by atoms with Crippen molar-refractivity contribution in [3.05, 3.63) is 54.1 Å². The highest BCUT2D eigenvalue weighted by Crippen LogP contribution is 2.36. The fourth-order valence-corrected chi connectivity index (χ4v) is 4.45. The number of nitrogens with one attached hydrogen (secondary N) is 2. The molecule has 3 aromatic rings. The van der Waals surface area contributed by atoms with Crippen LogP contribution in [0.5, 0.6) is 0 Å². The van der Waals surface area contributed by atoms with Crippen LogP contribution in [0.3, 0.4) is 0 Å². The summed E-state index contributed by atoms with van der Waals surface area (Å²) >= 11 is 0. The van der Waals surface area contributed by atoms with Crippen LogP contribution < -0.4 is 15.5 Å². The standard InChI is InChI=1S/C24H27N7O4/c1-14(32)15-4-8-17(9-5-15)25-24(33)26-19-12-34-22-20(13-35-21(19)22)31-23(27-28-29-31)16-6-10-18(11-7-16)30(2)3/h4-11,19-22H,12-13H2,1-3H3,(H2,25,26,33). The molecule has 3 heterocycles. The largest absolute Gasteiger partial charge is 0.378 e. The minimum atomic E-state index is -0.369. The highest BCUT2D eigenvalue weighted by Gasteiger charge is 2.50. The summed E-state index contributed by atoms with van der Waals surface area (Å²) < 4.78 is 13.8. The average Bonchev–Trinajstić information content (AvgIpc) is 3.57. The highest BCUT2D eigenvalue weighted by atomic mass is 16.6. The number of hydrogen-bond acceptors (Lipinski definition) is 8. The van der Waals surface area contributed by atoms with Gasteiger partial charge in [-0.25, -0.2) is 9.48 Å². The molecule has 0 saturated carbocycles. The van der Waals surface area contributed by atoms with E-state index in [9.17, 15) is 9.59 Å². The lowest BCUT2D eigenvalue weighted by molar-refractivity contribution is 0.0624. The van der Waals surface area contributed by atoms with Crippen molar-refractivity contribution in [2.45, 2.75) is 31.2 Å². The molecular weight excluding hydrogens is 450 g/mol. The Morgan fingerprint density at radius 2 is 1.71 bits per heavy atom. The van der Waals surface area contributed by atoms with Crippen LogP contribution in [0, 0.1) is 0 Å². The number of amides is 2. The molecule has 2 amide bonds. The van der Waals surface area contributed by atoms with E-state index in [2.05, 4.69) is 26.2 Å². The second-order valence-corrected chi connectivity index (χ2v) is 8.89. The van der Waals surface area contributed by atoms with Gasteiger partial charge in [-0.1, -0.05) is 0 Å². The number of carbonyl (C=O) groups is 2. The summed E-state index contributed by atoms with van der Waals surface area (Å²) in [4.78, 5) is 26.0. The van der Waals surface area contributed by atoms with Crippen LogP contribution in [0.2, 0.25) is 0 Å². The quantitative estimate of drug-likeness (QED) is 0.518. The van der Waals surface area contributed by atoms with Gasteiger partial charge in [0, 0.05) is 36.6 Å². The summed E-state index contributed by atoms with van der Waals surface area (Å²) in [6.45, 7) is 2.19. The Morgan fingerprint density at radius 3 is 2.40 bits per heavy atom. The number of urea groups is 1. The van der Waals surface area contributed by atoms with Crippen molar-refractivity contribution < 1.29 is 19.1 Å². The van der Waals surface area contributed by atoms with Gasteiger partial charge < -0.3 is 25.0 Å². The number of ether oxygens (including phenoxy) is 2. The summed E-state index contributed by atoms with van der Waals surface area (Å²) in [5, 5.41) is 18.0. The predicted molar refractivity (Wildman–Crippen MR) is 128 cm³/mol. The van der Waals surface area contributed by atoms with Crippen molar-refractivity contribution in [3.63, 3.8) is 0 Å². The first kappa shape index (κ1) is 22.9. The first-order valence-electron chi connectivity index (χ1n) is 11.4. The van der Waals surface area contributed by atoms with Gasteiger partial charge in [0.1, 0.15) is 18.2 Å². The zero-order valence-electron chi connectivity index (χ0n) is 19.7. The van der Waals surface area contributed by atoms with E-state index in [0.29, 0.717) is 30.3 Å². The van der Waals surface area contributed by atoms with E-state index < -0.39 is 0 Å². The minimum Gasteiger partial charge on any atom is -0.378 e. The summed E-state index contributed by atoms with van der Waals surface area (Å²) in [6.07, 6.45) is -0.613. The first-order chi connectivity index (χ1) is 16.9. The van der Waals surface area contributed by atoms with Gasteiger partial charge in [0.25, 0.3) is 0 Å². The Labute approximate surface area is 202 Å². The summed E-state index contributed by atoms with van der Waals surface area (Å²) in [5.41, 5.74) is 3.15. The summed E-state index contributed by atoms with van der Waals surface area (Å²) in [6, 6.07) is 13.8. The van der Waals surface area contributed by atoms with Crippen molar-refractivity contribution in [2.75, 3.05) is 37.5 Å². The molecule has 11 nitrogen and oxygen atoms in total. The summed E-state index contributed by atoms with van der Waals surface area (Å²) in [7, 11) is 3.98. The van der Waals surface area contributed by atoms with Gasteiger partial charge in [-0.15, -0.1) is 5.10 Å². The van der Waals surface area contributed by atoms with Crippen molar-refractivity contribution in [3.8, 4) is 11.4 Å². The van der Waals surface area contributed by atoms with E-state index in [-0.39, 0.29) is 36.1 Å².